The molecule has 0 aromatic carbocycles. The lowest BCUT2D eigenvalue weighted by Crippen LogP contribution is -2.32. The van der Waals surface area contributed by atoms with Crippen molar-refractivity contribution in [2.45, 2.75) is 37.7 Å². The number of thiol groups is 1. The monoisotopic (exact) mass is 189 g/mol. The number of rotatable bonds is 3. The molecule has 0 saturated carbocycles. The molecule has 1 rings (SSSR count). The summed E-state index contributed by atoms with van der Waals surface area (Å²) in [5.41, 5.74) is 0. The lowest BCUT2D eigenvalue weighted by Gasteiger charge is -2.24. The first-order chi connectivity index (χ1) is 5.49. The van der Waals surface area contributed by atoms with Crippen molar-refractivity contribution in [1.29, 1.82) is 0 Å². The van der Waals surface area contributed by atoms with Crippen LogP contribution in [0, 0.1) is 0 Å². The van der Waals surface area contributed by atoms with Crippen molar-refractivity contribution >= 4 is 12.6 Å². The zero-order valence-electron chi connectivity index (χ0n) is 8.21. The van der Waals surface area contributed by atoms with Gasteiger partial charge in [-0.2, -0.15) is 0 Å². The molecule has 72 valence electrons. The molecule has 0 spiro atoms. The van der Waals surface area contributed by atoms with Crippen LogP contribution >= 0.6 is 12.6 Å². The first-order valence-corrected chi connectivity index (χ1v) is 5.00. The molecule has 0 bridgehead atoms. The van der Waals surface area contributed by atoms with E-state index >= 15 is 0 Å². The lowest BCUT2D eigenvalue weighted by atomic mass is 10.2. The van der Waals surface area contributed by atoms with E-state index < -0.39 is 0 Å². The number of nitrogens with zero attached hydrogens (tertiary/aromatic N) is 1. The molecule has 12 heavy (non-hydrogen) atoms. The summed E-state index contributed by atoms with van der Waals surface area (Å²) in [5.74, 6) is 0. The summed E-state index contributed by atoms with van der Waals surface area (Å²) in [5, 5.41) is 0. The van der Waals surface area contributed by atoms with Crippen LogP contribution in [0.2, 0.25) is 0 Å². The fourth-order valence-electron chi connectivity index (χ4n) is 1.49. The third kappa shape index (κ3) is 3.33. The summed E-state index contributed by atoms with van der Waals surface area (Å²) < 4.78 is 5.61. The minimum absolute atomic E-state index is 0.288. The predicted molar refractivity (Wildman–Crippen MR) is 54.7 cm³/mol. The van der Waals surface area contributed by atoms with Crippen LogP contribution in [-0.4, -0.2) is 36.1 Å². The molecule has 1 aliphatic heterocycles. The molecule has 0 unspecified atom stereocenters. The van der Waals surface area contributed by atoms with Gasteiger partial charge in [0, 0.05) is 6.04 Å². The lowest BCUT2D eigenvalue weighted by molar-refractivity contribution is 0.0230. The van der Waals surface area contributed by atoms with Crippen LogP contribution in [0.3, 0.4) is 0 Å². The highest BCUT2D eigenvalue weighted by atomic mass is 32.1. The summed E-state index contributed by atoms with van der Waals surface area (Å²) in [6.07, 6.45) is 2.57. The first-order valence-electron chi connectivity index (χ1n) is 4.55. The van der Waals surface area contributed by atoms with Crippen LogP contribution in [0.25, 0.3) is 0 Å². The third-order valence-electron chi connectivity index (χ3n) is 2.30. The number of hydrogen-bond acceptors (Lipinski definition) is 3. The second-order valence-corrected chi connectivity index (χ2v) is 5.11. The summed E-state index contributed by atoms with van der Waals surface area (Å²) in [7, 11) is 2.16. The van der Waals surface area contributed by atoms with Crippen LogP contribution in [0.15, 0.2) is 0 Å². The fourth-order valence-corrected chi connectivity index (χ4v) is 1.56. The Balaban J connectivity index is 2.23. The number of likely N-dealkylation sites (N-methyl/N-ethyl adjacent to an activating group) is 1. The van der Waals surface area contributed by atoms with Gasteiger partial charge in [-0.25, -0.2) is 0 Å². The SMILES string of the molecule is CN1CCC[C@@H]1COC(C)(C)S. The normalized spacial score (nSPS) is 26.5. The Kier molecular flexibility index (Phi) is 3.44. The molecule has 0 N–H and O–H groups in total. The third-order valence-corrected chi connectivity index (χ3v) is 2.43. The Morgan fingerprint density at radius 3 is 2.67 bits per heavy atom. The van der Waals surface area contributed by atoms with Crippen LogP contribution in [0.1, 0.15) is 26.7 Å². The molecule has 2 nitrogen and oxygen atoms in total. The van der Waals surface area contributed by atoms with E-state index in [0.29, 0.717) is 6.04 Å². The van der Waals surface area contributed by atoms with Gasteiger partial charge in [0.05, 0.1) is 6.61 Å². The molecular weight excluding hydrogens is 170 g/mol. The Morgan fingerprint density at radius 1 is 1.58 bits per heavy atom. The van der Waals surface area contributed by atoms with Gasteiger partial charge in [-0.15, -0.1) is 12.6 Å². The zero-order chi connectivity index (χ0) is 9.19. The first kappa shape index (κ1) is 10.4. The van der Waals surface area contributed by atoms with Gasteiger partial charge < -0.3 is 9.64 Å². The van der Waals surface area contributed by atoms with Crippen molar-refractivity contribution in [1.82, 2.24) is 4.90 Å². The highest BCUT2D eigenvalue weighted by Crippen LogP contribution is 2.19. The highest BCUT2D eigenvalue weighted by Gasteiger charge is 2.23. The van der Waals surface area contributed by atoms with Crippen molar-refractivity contribution < 1.29 is 4.74 Å². The highest BCUT2D eigenvalue weighted by molar-refractivity contribution is 7.81. The van der Waals surface area contributed by atoms with E-state index in [4.69, 9.17) is 4.74 Å². The Bertz CT molecular complexity index is 144. The number of likely N-dealkylation sites (tertiary alicyclic amines) is 1. The van der Waals surface area contributed by atoms with E-state index in [9.17, 15) is 0 Å². The number of hydrogen-bond donors (Lipinski definition) is 1. The van der Waals surface area contributed by atoms with Gasteiger partial charge in [-0.1, -0.05) is 0 Å². The maximum atomic E-state index is 5.61. The zero-order valence-corrected chi connectivity index (χ0v) is 9.10. The summed E-state index contributed by atoms with van der Waals surface area (Å²) in [6.45, 7) is 5.98. The van der Waals surface area contributed by atoms with E-state index in [1.54, 1.807) is 0 Å². The van der Waals surface area contributed by atoms with Crippen molar-refractivity contribution in [3.05, 3.63) is 0 Å². The predicted octanol–water partition coefficient (Wildman–Crippen LogP) is 1.76. The molecule has 0 amide bonds. The molecule has 1 fully saturated rings. The van der Waals surface area contributed by atoms with E-state index in [2.05, 4.69) is 24.6 Å². The summed E-state index contributed by atoms with van der Waals surface area (Å²) in [6, 6.07) is 0.608. The average Bonchev–Trinajstić information content (AvgIpc) is 2.29. The Labute approximate surface area is 80.7 Å². The molecule has 0 aromatic rings. The Morgan fingerprint density at radius 2 is 2.25 bits per heavy atom. The van der Waals surface area contributed by atoms with Gasteiger partial charge in [0.1, 0.15) is 4.93 Å². The standard InChI is InChI=1S/C9H19NOS/c1-9(2,12)11-7-8-5-4-6-10(8)3/h8,12H,4-7H2,1-3H3/t8-/m1/s1. The molecule has 0 aliphatic carbocycles. The fraction of sp³-hybridized carbons (Fsp3) is 1.00. The molecule has 0 aromatic heterocycles. The van der Waals surface area contributed by atoms with Gasteiger partial charge in [0.25, 0.3) is 0 Å². The van der Waals surface area contributed by atoms with Crippen LogP contribution < -0.4 is 0 Å². The van der Waals surface area contributed by atoms with E-state index in [0.717, 1.165) is 6.61 Å². The smallest absolute Gasteiger partial charge is 0.105 e. The molecule has 1 aliphatic rings. The van der Waals surface area contributed by atoms with Gasteiger partial charge in [-0.05, 0) is 40.3 Å². The van der Waals surface area contributed by atoms with Crippen molar-refractivity contribution in [3.8, 4) is 0 Å². The summed E-state index contributed by atoms with van der Waals surface area (Å²) in [4.78, 5) is 2.07. The molecule has 0 radical (unpaired) electrons. The van der Waals surface area contributed by atoms with Gasteiger partial charge in [-0.3, -0.25) is 0 Å². The maximum absolute atomic E-state index is 5.61. The molecular formula is C9H19NOS. The van der Waals surface area contributed by atoms with Crippen LogP contribution in [0.5, 0.6) is 0 Å². The topological polar surface area (TPSA) is 12.5 Å². The van der Waals surface area contributed by atoms with Crippen molar-refractivity contribution in [2.24, 2.45) is 0 Å². The molecule has 1 atom stereocenters. The van der Waals surface area contributed by atoms with Gasteiger partial charge >= 0.3 is 0 Å². The Hall–Kier alpha value is 0.270. The summed E-state index contributed by atoms with van der Waals surface area (Å²) >= 11 is 4.32. The second-order valence-electron chi connectivity index (χ2n) is 4.03. The molecule has 3 heteroatoms. The molecule has 1 heterocycles. The largest absolute Gasteiger partial charge is 0.364 e. The van der Waals surface area contributed by atoms with E-state index in [-0.39, 0.29) is 4.93 Å². The maximum Gasteiger partial charge on any atom is 0.105 e. The van der Waals surface area contributed by atoms with E-state index in [1.807, 2.05) is 13.8 Å². The number of ether oxygens (including phenoxy) is 1. The quantitative estimate of drug-likeness (QED) is 0.536. The average molecular weight is 189 g/mol. The van der Waals surface area contributed by atoms with Gasteiger partial charge in [0.15, 0.2) is 0 Å². The minimum atomic E-state index is -0.288. The van der Waals surface area contributed by atoms with E-state index in [1.165, 1.54) is 19.4 Å². The van der Waals surface area contributed by atoms with Crippen molar-refractivity contribution in [3.63, 3.8) is 0 Å². The minimum Gasteiger partial charge on any atom is -0.364 e. The van der Waals surface area contributed by atoms with Crippen molar-refractivity contribution in [2.75, 3.05) is 20.2 Å². The second kappa shape index (κ2) is 3.99. The van der Waals surface area contributed by atoms with Crippen LogP contribution in [-0.2, 0) is 4.74 Å². The van der Waals surface area contributed by atoms with Crippen LogP contribution in [0.4, 0.5) is 0 Å². The van der Waals surface area contributed by atoms with Gasteiger partial charge in [0.2, 0.25) is 0 Å². The molecule has 1 saturated heterocycles.